The van der Waals surface area contributed by atoms with E-state index in [1.807, 2.05) is 21.1 Å². The van der Waals surface area contributed by atoms with E-state index >= 15 is 0 Å². The number of carbonyl (C=O) groups is 3. The zero-order valence-electron chi connectivity index (χ0n) is 44.9. The van der Waals surface area contributed by atoms with E-state index in [1.54, 1.807) is 0 Å². The predicted octanol–water partition coefficient (Wildman–Crippen LogP) is 14.7. The first-order valence-electron chi connectivity index (χ1n) is 27.7. The quantitative estimate of drug-likeness (QED) is 0.0195. The standard InChI is InChI=1S/C60H103NO8/c1-6-8-10-12-14-16-18-20-22-24-26-27-28-29-30-31-33-34-36-38-40-42-44-46-48-50-57(62)67-54-56(55-68-60(59(64)65)66-53-52-61(3,4)5)69-58(63)51-49-47-45-43-41-39-37-35-32-25-23-21-19-17-15-13-11-9-7-2/h9,11,15,17-18,20-21,23-24,26,32,35,39,41,56,60H,6-8,10,12-14,16,19,22,25,27-31,33-34,36-38,40,42-55H2,1-5H3/b11-9-,17-15-,20-18-,23-21-,26-24-,35-32-,41-39-. The average molecular weight is 966 g/mol. The van der Waals surface area contributed by atoms with Crippen LogP contribution >= 0.6 is 0 Å². The molecule has 2 unspecified atom stereocenters. The van der Waals surface area contributed by atoms with E-state index in [2.05, 4.69) is 98.9 Å². The van der Waals surface area contributed by atoms with Crippen LogP contribution in [0.4, 0.5) is 0 Å². The fraction of sp³-hybridized carbons (Fsp3) is 0.717. The van der Waals surface area contributed by atoms with Crippen molar-refractivity contribution in [2.24, 2.45) is 0 Å². The maximum absolute atomic E-state index is 12.8. The van der Waals surface area contributed by atoms with Crippen LogP contribution < -0.4 is 5.11 Å². The number of quaternary nitrogens is 1. The van der Waals surface area contributed by atoms with Crippen molar-refractivity contribution < 1.29 is 42.9 Å². The Morgan fingerprint density at radius 2 is 0.826 bits per heavy atom. The summed E-state index contributed by atoms with van der Waals surface area (Å²) in [6, 6.07) is 0. The lowest BCUT2D eigenvalue weighted by atomic mass is 10.0. The van der Waals surface area contributed by atoms with E-state index < -0.39 is 24.3 Å². The van der Waals surface area contributed by atoms with Crippen LogP contribution in [0.5, 0.6) is 0 Å². The number of hydrogen-bond donors (Lipinski definition) is 0. The number of rotatable bonds is 50. The molecule has 0 aliphatic heterocycles. The highest BCUT2D eigenvalue weighted by Gasteiger charge is 2.22. The number of allylic oxidation sites excluding steroid dienone is 14. The van der Waals surface area contributed by atoms with Gasteiger partial charge in [-0.1, -0.05) is 202 Å². The van der Waals surface area contributed by atoms with Gasteiger partial charge >= 0.3 is 11.9 Å². The molecule has 0 aromatic carbocycles. The van der Waals surface area contributed by atoms with Crippen molar-refractivity contribution in [3.8, 4) is 0 Å². The van der Waals surface area contributed by atoms with Gasteiger partial charge in [0.1, 0.15) is 13.2 Å². The van der Waals surface area contributed by atoms with Gasteiger partial charge in [-0.15, -0.1) is 0 Å². The Bertz CT molecular complexity index is 1400. The summed E-state index contributed by atoms with van der Waals surface area (Å²) in [6.07, 6.45) is 63.4. The number of esters is 2. The largest absolute Gasteiger partial charge is 0.545 e. The van der Waals surface area contributed by atoms with Gasteiger partial charge in [-0.25, -0.2) is 0 Å². The Labute approximate surface area is 423 Å². The minimum Gasteiger partial charge on any atom is -0.545 e. The van der Waals surface area contributed by atoms with Crippen molar-refractivity contribution in [3.63, 3.8) is 0 Å². The number of carboxylic acids is 1. The number of carboxylic acid groups (broad SMARTS) is 1. The third-order valence-electron chi connectivity index (χ3n) is 11.6. The summed E-state index contributed by atoms with van der Waals surface area (Å²) in [4.78, 5) is 37.2. The van der Waals surface area contributed by atoms with Crippen LogP contribution in [0.3, 0.4) is 0 Å². The molecule has 0 aliphatic carbocycles. The molecule has 9 nitrogen and oxygen atoms in total. The highest BCUT2D eigenvalue weighted by molar-refractivity contribution is 5.70. The molecule has 0 saturated carbocycles. The molecule has 2 atom stereocenters. The smallest absolute Gasteiger partial charge is 0.306 e. The maximum atomic E-state index is 12.8. The number of unbranched alkanes of at least 4 members (excludes halogenated alkanes) is 21. The van der Waals surface area contributed by atoms with E-state index in [0.29, 0.717) is 17.4 Å². The number of ether oxygens (including phenoxy) is 4. The van der Waals surface area contributed by atoms with E-state index in [0.717, 1.165) is 77.0 Å². The van der Waals surface area contributed by atoms with Gasteiger partial charge in [0.25, 0.3) is 0 Å². The topological polar surface area (TPSA) is 111 Å². The van der Waals surface area contributed by atoms with Gasteiger partial charge in [-0.05, 0) is 89.9 Å². The fourth-order valence-corrected chi connectivity index (χ4v) is 7.36. The second-order valence-electron chi connectivity index (χ2n) is 19.5. The molecule has 0 amide bonds. The highest BCUT2D eigenvalue weighted by Crippen LogP contribution is 2.15. The Morgan fingerprint density at radius 3 is 1.25 bits per heavy atom. The normalized spacial score (nSPS) is 13.5. The minimum absolute atomic E-state index is 0.137. The second-order valence-corrected chi connectivity index (χ2v) is 19.5. The number of carbonyl (C=O) groups excluding carboxylic acids is 3. The molecule has 0 heterocycles. The van der Waals surface area contributed by atoms with Gasteiger partial charge < -0.3 is 33.3 Å². The van der Waals surface area contributed by atoms with Crippen LogP contribution in [0.1, 0.15) is 219 Å². The zero-order chi connectivity index (χ0) is 50.6. The molecule has 0 bridgehead atoms. The first-order chi connectivity index (χ1) is 33.6. The Morgan fingerprint density at radius 1 is 0.449 bits per heavy atom. The maximum Gasteiger partial charge on any atom is 0.306 e. The van der Waals surface area contributed by atoms with Crippen molar-refractivity contribution in [3.05, 3.63) is 85.1 Å². The summed E-state index contributed by atoms with van der Waals surface area (Å²) in [5.74, 6) is -2.33. The van der Waals surface area contributed by atoms with E-state index in [9.17, 15) is 19.5 Å². The summed E-state index contributed by atoms with van der Waals surface area (Å²) in [7, 11) is 5.90. The van der Waals surface area contributed by atoms with Crippen LogP contribution in [-0.4, -0.2) is 82.3 Å². The van der Waals surface area contributed by atoms with Crippen LogP contribution in [0, 0.1) is 0 Å². The molecular formula is C60H103NO8. The van der Waals surface area contributed by atoms with Crippen LogP contribution in [0.15, 0.2) is 85.1 Å². The molecule has 69 heavy (non-hydrogen) atoms. The fourth-order valence-electron chi connectivity index (χ4n) is 7.36. The molecule has 0 spiro atoms. The Hall–Kier alpha value is -3.53. The van der Waals surface area contributed by atoms with Gasteiger partial charge in [0, 0.05) is 12.8 Å². The molecule has 0 rings (SSSR count). The summed E-state index contributed by atoms with van der Waals surface area (Å²) in [6.45, 7) is 4.58. The van der Waals surface area contributed by atoms with Crippen molar-refractivity contribution in [1.29, 1.82) is 0 Å². The SMILES string of the molecule is CC/C=C\C/C=C\C/C=C\C/C=C\C/C=C\CCCCCC(=O)OC(COC(=O)CCCCCCCCCCCCCCC/C=C\C/C=C\CCCCCCC)COC(OCC[N+](C)(C)C)C(=O)[O-]. The lowest BCUT2D eigenvalue weighted by Crippen LogP contribution is -2.44. The van der Waals surface area contributed by atoms with Crippen LogP contribution in [0.25, 0.3) is 0 Å². The van der Waals surface area contributed by atoms with E-state index in [4.69, 9.17) is 18.9 Å². The number of nitrogens with zero attached hydrogens (tertiary/aromatic N) is 1. The molecule has 0 fully saturated rings. The van der Waals surface area contributed by atoms with Crippen molar-refractivity contribution in [2.75, 3.05) is 47.5 Å². The highest BCUT2D eigenvalue weighted by atomic mass is 16.7. The third-order valence-corrected chi connectivity index (χ3v) is 11.6. The Kier molecular flexibility index (Phi) is 48.2. The number of hydrogen-bond acceptors (Lipinski definition) is 8. The summed E-state index contributed by atoms with van der Waals surface area (Å²) >= 11 is 0. The summed E-state index contributed by atoms with van der Waals surface area (Å²) in [5, 5.41) is 11.8. The van der Waals surface area contributed by atoms with Crippen molar-refractivity contribution in [2.45, 2.75) is 232 Å². The average Bonchev–Trinajstić information content (AvgIpc) is 3.31. The second kappa shape index (κ2) is 50.8. The molecular weight excluding hydrogens is 863 g/mol. The molecule has 9 heteroatoms. The minimum atomic E-state index is -1.63. The van der Waals surface area contributed by atoms with Crippen LogP contribution in [-0.2, 0) is 33.3 Å². The van der Waals surface area contributed by atoms with Gasteiger partial charge in [0.05, 0.1) is 40.3 Å². The molecule has 0 radical (unpaired) electrons. The first kappa shape index (κ1) is 65.5. The molecule has 0 aromatic rings. The van der Waals surface area contributed by atoms with E-state index in [-0.39, 0.29) is 38.6 Å². The molecule has 0 aliphatic rings. The number of likely N-dealkylation sites (N-methyl/N-ethyl adjacent to an activating group) is 1. The van der Waals surface area contributed by atoms with Gasteiger partial charge in [-0.3, -0.25) is 9.59 Å². The van der Waals surface area contributed by atoms with E-state index in [1.165, 1.54) is 109 Å². The lowest BCUT2D eigenvalue weighted by molar-refractivity contribution is -0.870. The Balaban J connectivity index is 4.32. The third kappa shape index (κ3) is 52.1. The molecule has 0 saturated heterocycles. The van der Waals surface area contributed by atoms with Crippen molar-refractivity contribution >= 4 is 17.9 Å². The molecule has 0 aromatic heterocycles. The lowest BCUT2D eigenvalue weighted by Gasteiger charge is -2.26. The monoisotopic (exact) mass is 966 g/mol. The first-order valence-corrected chi connectivity index (χ1v) is 27.7. The molecule has 0 N–H and O–H groups in total. The summed E-state index contributed by atoms with van der Waals surface area (Å²) in [5.41, 5.74) is 0. The van der Waals surface area contributed by atoms with Crippen molar-refractivity contribution in [1.82, 2.24) is 0 Å². The van der Waals surface area contributed by atoms with Crippen LogP contribution in [0.2, 0.25) is 0 Å². The summed E-state index contributed by atoms with van der Waals surface area (Å²) < 4.78 is 22.6. The van der Waals surface area contributed by atoms with Gasteiger partial charge in [-0.2, -0.15) is 0 Å². The molecule has 396 valence electrons. The number of aliphatic carboxylic acids is 1. The van der Waals surface area contributed by atoms with Gasteiger partial charge in [0.15, 0.2) is 12.4 Å². The zero-order valence-corrected chi connectivity index (χ0v) is 44.9. The van der Waals surface area contributed by atoms with Gasteiger partial charge in [0.2, 0.25) is 0 Å². The predicted molar refractivity (Wildman–Crippen MR) is 288 cm³/mol.